The molecule has 29 heavy (non-hydrogen) atoms. The first-order chi connectivity index (χ1) is 13.7. The van der Waals surface area contributed by atoms with E-state index in [9.17, 15) is 8.42 Å². The number of aliphatic imine (C=N–C) groups is 1. The minimum absolute atomic E-state index is 0.252. The van der Waals surface area contributed by atoms with Crippen LogP contribution >= 0.6 is 0 Å². The van der Waals surface area contributed by atoms with E-state index < -0.39 is 15.8 Å². The van der Waals surface area contributed by atoms with Crippen LogP contribution in [0.1, 0.15) is 11.3 Å². The molecule has 1 atom stereocenters. The lowest BCUT2D eigenvalue weighted by Gasteiger charge is -2.36. The predicted molar refractivity (Wildman–Crippen MR) is 110 cm³/mol. The molecule has 0 bridgehead atoms. The lowest BCUT2D eigenvalue weighted by molar-refractivity contribution is 0.384. The average molecular weight is 420 g/mol. The van der Waals surface area contributed by atoms with E-state index in [1.54, 1.807) is 7.11 Å². The molecular formula is C17H24N8O3S. The van der Waals surface area contributed by atoms with Crippen molar-refractivity contribution in [1.29, 1.82) is 0 Å². The first-order valence-electron chi connectivity index (χ1n) is 9.06. The van der Waals surface area contributed by atoms with E-state index in [4.69, 9.17) is 16.2 Å². The Morgan fingerprint density at radius 2 is 1.97 bits per heavy atom. The molecule has 2 aromatic rings. The van der Waals surface area contributed by atoms with Crippen LogP contribution in [0.2, 0.25) is 0 Å². The van der Waals surface area contributed by atoms with Crippen molar-refractivity contribution < 1.29 is 13.2 Å². The first-order valence-corrected chi connectivity index (χ1v) is 10.9. The highest BCUT2D eigenvalue weighted by Gasteiger charge is 2.36. The number of amidine groups is 1. The van der Waals surface area contributed by atoms with Gasteiger partial charge in [0.15, 0.2) is 11.7 Å². The number of methoxy groups -OCH3 is 1. The average Bonchev–Trinajstić information content (AvgIpc) is 3.15. The Bertz CT molecular complexity index is 1060. The van der Waals surface area contributed by atoms with Crippen molar-refractivity contribution in [2.24, 2.45) is 16.5 Å². The molecule has 2 aliphatic heterocycles. The molecule has 0 spiro atoms. The summed E-state index contributed by atoms with van der Waals surface area (Å²) in [6, 6.07) is 5.61. The Kier molecular flexibility index (Phi) is 4.63. The van der Waals surface area contributed by atoms with E-state index in [1.165, 1.54) is 16.9 Å². The molecule has 0 aliphatic carbocycles. The second kappa shape index (κ2) is 6.90. The third-order valence-corrected chi connectivity index (χ3v) is 6.47. The van der Waals surface area contributed by atoms with Gasteiger partial charge in [-0.2, -0.15) is 4.31 Å². The van der Waals surface area contributed by atoms with Crippen LogP contribution in [0, 0.1) is 0 Å². The van der Waals surface area contributed by atoms with E-state index in [-0.39, 0.29) is 5.84 Å². The van der Waals surface area contributed by atoms with Crippen molar-refractivity contribution in [3.8, 4) is 5.75 Å². The fourth-order valence-electron chi connectivity index (χ4n) is 3.64. The second-order valence-corrected chi connectivity index (χ2v) is 9.03. The standard InChI is InChI=1S/C17H24N8O3S/c1-28-13-9-11(24-5-7-25(8-6-24)29(2,26)27)3-4-12(13)17(19)22-15(18)14-16(23-17)21-10-20-14/h3-4,9-10,23H,5-8,19H2,1-2H3,(H2,18,22)(H,20,21). The normalized spacial score (nSPS) is 22.6. The summed E-state index contributed by atoms with van der Waals surface area (Å²) in [5.41, 5.74) is 14.7. The van der Waals surface area contributed by atoms with Gasteiger partial charge in [0.1, 0.15) is 11.4 Å². The second-order valence-electron chi connectivity index (χ2n) is 7.05. The summed E-state index contributed by atoms with van der Waals surface area (Å²) in [6.07, 6.45) is 2.75. The number of piperazine rings is 1. The first kappa shape index (κ1) is 19.5. The fourth-order valence-corrected chi connectivity index (χ4v) is 4.46. The van der Waals surface area contributed by atoms with Gasteiger partial charge in [-0.05, 0) is 12.1 Å². The summed E-state index contributed by atoms with van der Waals surface area (Å²) in [5, 5.41) is 3.10. The number of imidazole rings is 1. The molecule has 3 heterocycles. The van der Waals surface area contributed by atoms with Crippen LogP contribution in [0.4, 0.5) is 11.5 Å². The molecule has 11 nitrogen and oxygen atoms in total. The fraction of sp³-hybridized carbons (Fsp3) is 0.412. The van der Waals surface area contributed by atoms with Gasteiger partial charge < -0.3 is 25.7 Å². The van der Waals surface area contributed by atoms with E-state index >= 15 is 0 Å². The molecule has 6 N–H and O–H groups in total. The third-order valence-electron chi connectivity index (χ3n) is 5.17. The monoisotopic (exact) mass is 420 g/mol. The Hall–Kier alpha value is -2.83. The Balaban J connectivity index is 1.61. The summed E-state index contributed by atoms with van der Waals surface area (Å²) in [7, 11) is -1.62. The molecule has 0 amide bonds. The summed E-state index contributed by atoms with van der Waals surface area (Å²) in [6.45, 7) is 2.05. The van der Waals surface area contributed by atoms with Gasteiger partial charge in [-0.1, -0.05) is 0 Å². The van der Waals surface area contributed by atoms with Crippen LogP contribution in [0.3, 0.4) is 0 Å². The molecule has 2 aliphatic rings. The summed E-state index contributed by atoms with van der Waals surface area (Å²) in [4.78, 5) is 13.6. The number of aromatic amines is 1. The van der Waals surface area contributed by atoms with Gasteiger partial charge in [-0.15, -0.1) is 0 Å². The number of nitrogens with one attached hydrogen (secondary N) is 2. The summed E-state index contributed by atoms with van der Waals surface area (Å²) in [5.74, 6) is -0.0196. The van der Waals surface area contributed by atoms with Crippen molar-refractivity contribution >= 4 is 27.4 Å². The van der Waals surface area contributed by atoms with Gasteiger partial charge >= 0.3 is 0 Å². The van der Waals surface area contributed by atoms with Gasteiger partial charge in [-0.3, -0.25) is 5.73 Å². The van der Waals surface area contributed by atoms with Crippen molar-refractivity contribution in [3.63, 3.8) is 0 Å². The molecule has 1 aromatic heterocycles. The smallest absolute Gasteiger partial charge is 0.216 e. The van der Waals surface area contributed by atoms with E-state index in [0.29, 0.717) is 49.0 Å². The zero-order valence-corrected chi connectivity index (χ0v) is 17.0. The number of hydrogen-bond acceptors (Lipinski definition) is 9. The SMILES string of the molecule is COc1cc(N2CCN(S(C)(=O)=O)CC2)ccc1C1(N)N=C(N)c2[nH]cnc2N1. The maximum Gasteiger partial charge on any atom is 0.216 e. The number of anilines is 2. The van der Waals surface area contributed by atoms with Crippen molar-refractivity contribution in [3.05, 3.63) is 35.8 Å². The van der Waals surface area contributed by atoms with Crippen LogP contribution in [-0.4, -0.2) is 68.1 Å². The number of nitrogens with two attached hydrogens (primary N) is 2. The minimum atomic E-state index is -3.18. The molecule has 0 radical (unpaired) electrons. The minimum Gasteiger partial charge on any atom is -0.496 e. The van der Waals surface area contributed by atoms with Crippen LogP contribution < -0.4 is 26.4 Å². The highest BCUT2D eigenvalue weighted by atomic mass is 32.2. The van der Waals surface area contributed by atoms with Crippen LogP contribution in [0.25, 0.3) is 0 Å². The number of benzene rings is 1. The lowest BCUT2D eigenvalue weighted by Crippen LogP contribution is -2.49. The van der Waals surface area contributed by atoms with Crippen molar-refractivity contribution in [1.82, 2.24) is 14.3 Å². The quantitative estimate of drug-likeness (QED) is 0.511. The summed E-state index contributed by atoms with van der Waals surface area (Å²) < 4.78 is 30.5. The van der Waals surface area contributed by atoms with Crippen LogP contribution in [-0.2, 0) is 15.8 Å². The van der Waals surface area contributed by atoms with Gasteiger partial charge in [0, 0.05) is 37.9 Å². The van der Waals surface area contributed by atoms with Crippen LogP contribution in [0.5, 0.6) is 5.75 Å². The number of hydrogen-bond donors (Lipinski definition) is 4. The molecule has 1 fully saturated rings. The van der Waals surface area contributed by atoms with Crippen molar-refractivity contribution in [2.75, 3.05) is 49.8 Å². The molecule has 156 valence electrons. The highest BCUT2D eigenvalue weighted by Crippen LogP contribution is 2.36. The molecule has 12 heteroatoms. The topological polar surface area (TPSA) is 155 Å². The maximum atomic E-state index is 11.7. The number of sulfonamides is 1. The molecule has 0 saturated carbocycles. The number of rotatable bonds is 4. The Labute approximate surface area is 168 Å². The predicted octanol–water partition coefficient (Wildman–Crippen LogP) is -0.600. The Morgan fingerprint density at radius 3 is 2.62 bits per heavy atom. The zero-order valence-electron chi connectivity index (χ0n) is 16.2. The largest absolute Gasteiger partial charge is 0.496 e. The van der Waals surface area contributed by atoms with Gasteiger partial charge in [0.2, 0.25) is 15.8 Å². The van der Waals surface area contributed by atoms with Crippen molar-refractivity contribution in [2.45, 2.75) is 5.79 Å². The maximum absolute atomic E-state index is 11.7. The Morgan fingerprint density at radius 1 is 1.24 bits per heavy atom. The van der Waals surface area contributed by atoms with E-state index in [2.05, 4.69) is 25.2 Å². The van der Waals surface area contributed by atoms with Gasteiger partial charge in [-0.25, -0.2) is 18.4 Å². The number of ether oxygens (including phenoxy) is 1. The summed E-state index contributed by atoms with van der Waals surface area (Å²) >= 11 is 0. The van der Waals surface area contributed by atoms with E-state index in [0.717, 1.165) is 5.69 Å². The zero-order chi connectivity index (χ0) is 20.8. The molecule has 1 unspecified atom stereocenters. The molecule has 1 aromatic carbocycles. The number of fused-ring (bicyclic) bond motifs is 1. The third kappa shape index (κ3) is 3.50. The lowest BCUT2D eigenvalue weighted by atomic mass is 10.0. The molecule has 1 saturated heterocycles. The molecule has 4 rings (SSSR count). The number of nitrogens with zero attached hydrogens (tertiary/aromatic N) is 4. The van der Waals surface area contributed by atoms with Crippen LogP contribution in [0.15, 0.2) is 29.5 Å². The number of aromatic nitrogens is 2. The highest BCUT2D eigenvalue weighted by molar-refractivity contribution is 7.88. The molecular weight excluding hydrogens is 396 g/mol. The van der Waals surface area contributed by atoms with E-state index in [1.807, 2.05) is 18.2 Å². The van der Waals surface area contributed by atoms with Gasteiger partial charge in [0.25, 0.3) is 0 Å². The van der Waals surface area contributed by atoms with Gasteiger partial charge in [0.05, 0.1) is 25.3 Å². The number of H-pyrrole nitrogens is 1.